The van der Waals surface area contributed by atoms with E-state index in [1.807, 2.05) is 19.1 Å². The first-order chi connectivity index (χ1) is 11.1. The quantitative estimate of drug-likeness (QED) is 0.789. The maximum absolute atomic E-state index is 11.7. The van der Waals surface area contributed by atoms with E-state index >= 15 is 0 Å². The molecule has 6 heteroatoms. The van der Waals surface area contributed by atoms with Gasteiger partial charge < -0.3 is 10.1 Å². The Morgan fingerprint density at radius 3 is 2.70 bits per heavy atom. The highest BCUT2D eigenvalue weighted by Crippen LogP contribution is 2.21. The van der Waals surface area contributed by atoms with Crippen LogP contribution in [0.4, 0.5) is 0 Å². The van der Waals surface area contributed by atoms with Crippen LogP contribution in [0.15, 0.2) is 30.3 Å². The Labute approximate surface area is 141 Å². The van der Waals surface area contributed by atoms with Crippen LogP contribution in [0.25, 0.3) is 11.4 Å². The third-order valence-electron chi connectivity index (χ3n) is 3.14. The second-order valence-corrected chi connectivity index (χ2v) is 5.61. The minimum absolute atomic E-state index is 0.0553. The fourth-order valence-corrected chi connectivity index (χ4v) is 2.06. The maximum atomic E-state index is 11.7. The molecule has 0 saturated heterocycles. The molecular formula is C17H20ClN3O2. The van der Waals surface area contributed by atoms with Gasteiger partial charge in [-0.05, 0) is 37.6 Å². The summed E-state index contributed by atoms with van der Waals surface area (Å²) in [5, 5.41) is 3.45. The van der Waals surface area contributed by atoms with E-state index in [4.69, 9.17) is 16.3 Å². The van der Waals surface area contributed by atoms with Crippen LogP contribution in [0.2, 0.25) is 5.02 Å². The van der Waals surface area contributed by atoms with Gasteiger partial charge in [0.1, 0.15) is 0 Å². The molecule has 0 fully saturated rings. The summed E-state index contributed by atoms with van der Waals surface area (Å²) in [5.41, 5.74) is 1.61. The predicted molar refractivity (Wildman–Crippen MR) is 90.6 cm³/mol. The molecule has 122 valence electrons. The maximum Gasteiger partial charge on any atom is 0.258 e. The van der Waals surface area contributed by atoms with Crippen molar-refractivity contribution in [2.24, 2.45) is 0 Å². The number of aromatic nitrogens is 2. The number of nitrogens with zero attached hydrogens (tertiary/aromatic N) is 2. The second-order valence-electron chi connectivity index (χ2n) is 5.17. The van der Waals surface area contributed by atoms with Gasteiger partial charge in [-0.2, -0.15) is 4.98 Å². The number of ether oxygens (including phenoxy) is 1. The number of halogens is 1. The number of unbranched alkanes of at least 4 members (excludes halogenated alkanes) is 1. The molecule has 0 spiro atoms. The van der Waals surface area contributed by atoms with E-state index in [0.29, 0.717) is 23.3 Å². The zero-order chi connectivity index (χ0) is 16.7. The third kappa shape index (κ3) is 5.53. The molecule has 2 rings (SSSR count). The standard InChI is InChI=1S/C17H20ClN3O2/c1-3-4-9-19-15(22)11-23-16-10-12(2)20-17(21-16)13-5-7-14(18)8-6-13/h5-8,10H,3-4,9,11H2,1-2H3,(H,19,22). The van der Waals surface area contributed by atoms with Gasteiger partial charge in [0.15, 0.2) is 12.4 Å². The van der Waals surface area contributed by atoms with Gasteiger partial charge in [0, 0.05) is 28.9 Å². The van der Waals surface area contributed by atoms with E-state index in [9.17, 15) is 4.79 Å². The molecule has 1 heterocycles. The summed E-state index contributed by atoms with van der Waals surface area (Å²) in [6.45, 7) is 4.54. The number of carbonyl (C=O) groups is 1. The van der Waals surface area contributed by atoms with Crippen LogP contribution in [0.1, 0.15) is 25.5 Å². The van der Waals surface area contributed by atoms with Gasteiger partial charge in [0.2, 0.25) is 5.88 Å². The Kier molecular flexibility index (Phi) is 6.35. The van der Waals surface area contributed by atoms with E-state index in [0.717, 1.165) is 24.1 Å². The highest BCUT2D eigenvalue weighted by atomic mass is 35.5. The molecule has 0 saturated carbocycles. The number of nitrogens with one attached hydrogen (secondary N) is 1. The number of hydrogen-bond acceptors (Lipinski definition) is 4. The van der Waals surface area contributed by atoms with Gasteiger partial charge in [0.25, 0.3) is 5.91 Å². The Morgan fingerprint density at radius 1 is 1.26 bits per heavy atom. The average Bonchev–Trinajstić information content (AvgIpc) is 2.53. The smallest absolute Gasteiger partial charge is 0.258 e. The summed E-state index contributed by atoms with van der Waals surface area (Å²) in [7, 11) is 0. The Balaban J connectivity index is 2.03. The van der Waals surface area contributed by atoms with Crippen molar-refractivity contribution in [1.82, 2.24) is 15.3 Å². The second kappa shape index (κ2) is 8.48. The zero-order valence-electron chi connectivity index (χ0n) is 13.3. The number of benzene rings is 1. The Morgan fingerprint density at radius 2 is 2.00 bits per heavy atom. The number of carbonyl (C=O) groups excluding carboxylic acids is 1. The molecule has 0 aliphatic carbocycles. The van der Waals surface area contributed by atoms with Gasteiger partial charge in [-0.15, -0.1) is 0 Å². The van der Waals surface area contributed by atoms with E-state index in [2.05, 4.69) is 22.2 Å². The first-order valence-electron chi connectivity index (χ1n) is 7.59. The fraction of sp³-hybridized carbons (Fsp3) is 0.353. The van der Waals surface area contributed by atoms with Crippen LogP contribution in [0.5, 0.6) is 5.88 Å². The summed E-state index contributed by atoms with van der Waals surface area (Å²) in [4.78, 5) is 20.4. The molecule has 1 amide bonds. The van der Waals surface area contributed by atoms with Crippen molar-refractivity contribution in [3.63, 3.8) is 0 Å². The minimum atomic E-state index is -0.150. The summed E-state index contributed by atoms with van der Waals surface area (Å²) < 4.78 is 5.48. The number of rotatable bonds is 7. The van der Waals surface area contributed by atoms with Crippen LogP contribution < -0.4 is 10.1 Å². The molecule has 1 N–H and O–H groups in total. The highest BCUT2D eigenvalue weighted by molar-refractivity contribution is 6.30. The van der Waals surface area contributed by atoms with Crippen LogP contribution >= 0.6 is 11.6 Å². The molecule has 0 atom stereocenters. The molecule has 0 unspecified atom stereocenters. The van der Waals surface area contributed by atoms with Crippen LogP contribution in [0, 0.1) is 6.92 Å². The lowest BCUT2D eigenvalue weighted by Crippen LogP contribution is -2.29. The van der Waals surface area contributed by atoms with Crippen molar-refractivity contribution >= 4 is 17.5 Å². The lowest BCUT2D eigenvalue weighted by molar-refractivity contribution is -0.123. The molecule has 0 aliphatic rings. The average molecular weight is 334 g/mol. The lowest BCUT2D eigenvalue weighted by atomic mass is 10.2. The summed E-state index contributed by atoms with van der Waals surface area (Å²) in [6, 6.07) is 8.96. The molecule has 0 aliphatic heterocycles. The van der Waals surface area contributed by atoms with Crippen molar-refractivity contribution in [1.29, 1.82) is 0 Å². The molecule has 1 aromatic heterocycles. The van der Waals surface area contributed by atoms with E-state index in [1.165, 1.54) is 0 Å². The monoisotopic (exact) mass is 333 g/mol. The van der Waals surface area contributed by atoms with Gasteiger partial charge >= 0.3 is 0 Å². The molecular weight excluding hydrogens is 314 g/mol. The molecule has 5 nitrogen and oxygen atoms in total. The van der Waals surface area contributed by atoms with Gasteiger partial charge in [-0.1, -0.05) is 24.9 Å². The number of amides is 1. The zero-order valence-corrected chi connectivity index (χ0v) is 14.1. The lowest BCUT2D eigenvalue weighted by Gasteiger charge is -2.09. The predicted octanol–water partition coefficient (Wildman–Crippen LogP) is 3.40. The SMILES string of the molecule is CCCCNC(=O)COc1cc(C)nc(-c2ccc(Cl)cc2)n1. The highest BCUT2D eigenvalue weighted by Gasteiger charge is 2.08. The molecule has 1 aromatic carbocycles. The summed E-state index contributed by atoms with van der Waals surface area (Å²) in [6.07, 6.45) is 2.00. The van der Waals surface area contributed by atoms with Crippen molar-refractivity contribution in [2.45, 2.75) is 26.7 Å². The van der Waals surface area contributed by atoms with E-state index in [1.54, 1.807) is 18.2 Å². The van der Waals surface area contributed by atoms with E-state index in [-0.39, 0.29) is 12.5 Å². The van der Waals surface area contributed by atoms with Gasteiger partial charge in [-0.3, -0.25) is 4.79 Å². The first kappa shape index (κ1) is 17.2. The first-order valence-corrected chi connectivity index (χ1v) is 7.97. The fourth-order valence-electron chi connectivity index (χ4n) is 1.94. The van der Waals surface area contributed by atoms with Crippen molar-refractivity contribution in [2.75, 3.05) is 13.2 Å². The number of hydrogen-bond donors (Lipinski definition) is 1. The summed E-state index contributed by atoms with van der Waals surface area (Å²) in [5.74, 6) is 0.777. The molecule has 0 radical (unpaired) electrons. The van der Waals surface area contributed by atoms with Gasteiger partial charge in [0.05, 0.1) is 0 Å². The number of aryl methyl sites for hydroxylation is 1. The topological polar surface area (TPSA) is 64.1 Å². The van der Waals surface area contributed by atoms with Crippen LogP contribution in [-0.4, -0.2) is 29.0 Å². The largest absolute Gasteiger partial charge is 0.467 e. The van der Waals surface area contributed by atoms with Crippen molar-refractivity contribution < 1.29 is 9.53 Å². The van der Waals surface area contributed by atoms with Crippen molar-refractivity contribution in [3.05, 3.63) is 41.0 Å². The summed E-state index contributed by atoms with van der Waals surface area (Å²) >= 11 is 5.89. The third-order valence-corrected chi connectivity index (χ3v) is 3.39. The molecule has 2 aromatic rings. The van der Waals surface area contributed by atoms with Crippen LogP contribution in [0.3, 0.4) is 0 Å². The van der Waals surface area contributed by atoms with Crippen molar-refractivity contribution in [3.8, 4) is 17.3 Å². The normalized spacial score (nSPS) is 10.4. The minimum Gasteiger partial charge on any atom is -0.467 e. The Bertz CT molecular complexity index is 659. The molecule has 23 heavy (non-hydrogen) atoms. The van der Waals surface area contributed by atoms with E-state index < -0.39 is 0 Å². The Hall–Kier alpha value is -2.14. The van der Waals surface area contributed by atoms with Crippen LogP contribution in [-0.2, 0) is 4.79 Å². The molecule has 0 bridgehead atoms. The van der Waals surface area contributed by atoms with Gasteiger partial charge in [-0.25, -0.2) is 4.98 Å².